The third kappa shape index (κ3) is 3.35. The Morgan fingerprint density at radius 2 is 2.08 bits per heavy atom. The van der Waals surface area contributed by atoms with Crippen LogP contribution < -0.4 is 14.8 Å². The maximum atomic E-state index is 13.0. The predicted molar refractivity (Wildman–Crippen MR) is 93.2 cm³/mol. The van der Waals surface area contributed by atoms with Crippen LogP contribution in [-0.4, -0.2) is 19.6 Å². The molecule has 3 N–H and O–H groups in total. The van der Waals surface area contributed by atoms with E-state index in [1.54, 1.807) is 6.92 Å². The first kappa shape index (κ1) is 17.4. The Balaban J connectivity index is 2.00. The molecule has 3 rings (SSSR count). The van der Waals surface area contributed by atoms with E-state index >= 15 is 0 Å². The Morgan fingerprint density at radius 1 is 1.36 bits per heavy atom. The van der Waals surface area contributed by atoms with E-state index in [2.05, 4.69) is 16.6 Å². The first-order chi connectivity index (χ1) is 11.7. The molecule has 1 heterocycles. The van der Waals surface area contributed by atoms with Gasteiger partial charge in [0, 0.05) is 17.8 Å². The Labute approximate surface area is 148 Å². The van der Waals surface area contributed by atoms with Crippen molar-refractivity contribution in [1.29, 1.82) is 0 Å². The zero-order chi connectivity index (χ0) is 18.4. The molecule has 1 unspecified atom stereocenters. The molecule has 0 saturated heterocycles. The number of ether oxygens (including phenoxy) is 1. The third-order valence-corrected chi connectivity index (χ3v) is 5.45. The minimum atomic E-state index is -4.14. The normalized spacial score (nSPS) is 16.6. The molecule has 25 heavy (non-hydrogen) atoms. The summed E-state index contributed by atoms with van der Waals surface area (Å²) in [5.74, 6) is -0.936. The highest BCUT2D eigenvalue weighted by atomic mass is 35.5. The number of sulfonamides is 1. The number of fused-ring (bicyclic) bond motifs is 1. The summed E-state index contributed by atoms with van der Waals surface area (Å²) < 4.78 is 46.0. The van der Waals surface area contributed by atoms with E-state index < -0.39 is 21.6 Å². The molecule has 0 saturated carbocycles. The lowest BCUT2D eigenvalue weighted by Crippen LogP contribution is -2.25. The summed E-state index contributed by atoms with van der Waals surface area (Å²) >= 11 is 6.09. The lowest BCUT2D eigenvalue weighted by atomic mass is 10.2. The number of benzene rings is 2. The molecular weight excluding hydrogens is 371 g/mol. The zero-order valence-electron chi connectivity index (χ0n) is 13.0. The van der Waals surface area contributed by atoms with Crippen LogP contribution in [0.25, 0.3) is 0 Å². The van der Waals surface area contributed by atoms with Gasteiger partial charge in [-0.15, -0.1) is 0 Å². The number of anilines is 2. The molecule has 0 bridgehead atoms. The highest BCUT2D eigenvalue weighted by Crippen LogP contribution is 2.39. The smallest absolute Gasteiger partial charge is 0.263 e. The Morgan fingerprint density at radius 3 is 2.76 bits per heavy atom. The van der Waals surface area contributed by atoms with Crippen molar-refractivity contribution in [2.75, 3.05) is 10.0 Å². The van der Waals surface area contributed by atoms with Crippen LogP contribution in [0.4, 0.5) is 15.8 Å². The third-order valence-electron chi connectivity index (χ3n) is 3.62. The van der Waals surface area contributed by atoms with E-state index in [1.165, 1.54) is 12.1 Å². The van der Waals surface area contributed by atoms with Crippen LogP contribution in [0, 0.1) is 5.82 Å². The Bertz CT molecular complexity index is 978. The topological polar surface area (TPSA) is 87.7 Å². The molecule has 0 radical (unpaired) electrons. The van der Waals surface area contributed by atoms with Crippen LogP contribution in [0.5, 0.6) is 11.5 Å². The van der Waals surface area contributed by atoms with E-state index in [4.69, 9.17) is 16.3 Å². The lowest BCUT2D eigenvalue weighted by molar-refractivity contribution is 0.252. The van der Waals surface area contributed by atoms with Crippen molar-refractivity contribution in [3.05, 3.63) is 53.4 Å². The van der Waals surface area contributed by atoms with Crippen LogP contribution in [0.2, 0.25) is 5.02 Å². The molecule has 1 atom stereocenters. The van der Waals surface area contributed by atoms with E-state index in [-0.39, 0.29) is 21.7 Å². The van der Waals surface area contributed by atoms with Gasteiger partial charge in [-0.25, -0.2) is 12.8 Å². The monoisotopic (exact) mass is 384 g/mol. The molecular formula is C16H14ClFN2O4S. The number of phenolic OH excluding ortho intramolecular Hbond substituents is 1. The van der Waals surface area contributed by atoms with Crippen molar-refractivity contribution in [3.8, 4) is 11.5 Å². The Kier molecular flexibility index (Phi) is 4.26. The van der Waals surface area contributed by atoms with Crippen LogP contribution in [0.15, 0.2) is 47.5 Å². The largest absolute Gasteiger partial charge is 0.506 e. The second-order valence-corrected chi connectivity index (χ2v) is 7.51. The quantitative estimate of drug-likeness (QED) is 0.702. The Hall–Kier alpha value is -2.45. The number of halogens is 2. The van der Waals surface area contributed by atoms with Crippen LogP contribution in [-0.2, 0) is 10.0 Å². The van der Waals surface area contributed by atoms with Gasteiger partial charge in [0.1, 0.15) is 28.3 Å². The molecule has 1 aliphatic rings. The highest BCUT2D eigenvalue weighted by molar-refractivity contribution is 7.92. The summed E-state index contributed by atoms with van der Waals surface area (Å²) in [6, 6.07) is 5.61. The molecule has 0 fully saturated rings. The number of phenols is 1. The fourth-order valence-electron chi connectivity index (χ4n) is 2.26. The SMILES string of the molecule is C=C1Nc2cc(Cl)c(S(=O)(=O)Nc3ccc(F)cc3O)cc2OC1C. The predicted octanol–water partition coefficient (Wildman–Crippen LogP) is 3.69. The molecule has 2 aromatic carbocycles. The molecule has 2 aromatic rings. The van der Waals surface area contributed by atoms with E-state index in [0.717, 1.165) is 18.2 Å². The number of nitrogens with one attached hydrogen (secondary N) is 2. The van der Waals surface area contributed by atoms with Gasteiger partial charge in [0.25, 0.3) is 10.0 Å². The number of rotatable bonds is 3. The van der Waals surface area contributed by atoms with Gasteiger partial charge in [0.05, 0.1) is 16.4 Å². The maximum absolute atomic E-state index is 13.0. The summed E-state index contributed by atoms with van der Waals surface area (Å²) in [7, 11) is -4.14. The minimum Gasteiger partial charge on any atom is -0.506 e. The first-order valence-electron chi connectivity index (χ1n) is 7.15. The second-order valence-electron chi connectivity index (χ2n) is 5.46. The summed E-state index contributed by atoms with van der Waals surface area (Å²) in [5.41, 5.74) is 0.946. The van der Waals surface area contributed by atoms with Gasteiger partial charge in [-0.05, 0) is 25.1 Å². The summed E-state index contributed by atoms with van der Waals surface area (Å²) in [4.78, 5) is -0.238. The molecule has 0 spiro atoms. The van der Waals surface area contributed by atoms with Gasteiger partial charge in [-0.2, -0.15) is 0 Å². The van der Waals surface area contributed by atoms with Gasteiger partial charge in [-0.3, -0.25) is 4.72 Å². The summed E-state index contributed by atoms with van der Waals surface area (Å²) in [6.45, 7) is 5.56. The molecule has 6 nitrogen and oxygen atoms in total. The molecule has 0 aromatic heterocycles. The van der Waals surface area contributed by atoms with Gasteiger partial charge < -0.3 is 15.2 Å². The molecule has 1 aliphatic heterocycles. The second kappa shape index (κ2) is 6.12. The van der Waals surface area contributed by atoms with E-state index in [1.807, 2.05) is 0 Å². The standard InChI is InChI=1S/C16H14ClFN2O4S/c1-8-9(2)24-15-7-16(11(17)6-13(15)19-8)25(22,23)20-12-4-3-10(18)5-14(12)21/h3-7,9,19-21H,1H2,2H3. The molecule has 0 aliphatic carbocycles. The minimum absolute atomic E-state index is 0.0497. The van der Waals surface area contributed by atoms with Crippen LogP contribution >= 0.6 is 11.6 Å². The summed E-state index contributed by atoms with van der Waals surface area (Å²) in [6.07, 6.45) is -0.349. The van der Waals surface area contributed by atoms with Crippen molar-refractivity contribution >= 4 is 33.0 Å². The first-order valence-corrected chi connectivity index (χ1v) is 9.01. The fraction of sp³-hybridized carbons (Fsp3) is 0.125. The van der Waals surface area contributed by atoms with Crippen LogP contribution in [0.3, 0.4) is 0 Å². The van der Waals surface area contributed by atoms with Gasteiger partial charge in [0.2, 0.25) is 0 Å². The van der Waals surface area contributed by atoms with Crippen molar-refractivity contribution in [3.63, 3.8) is 0 Å². The van der Waals surface area contributed by atoms with Crippen molar-refractivity contribution in [2.45, 2.75) is 17.9 Å². The molecule has 0 amide bonds. The van der Waals surface area contributed by atoms with Crippen molar-refractivity contribution in [1.82, 2.24) is 0 Å². The van der Waals surface area contributed by atoms with Crippen molar-refractivity contribution < 1.29 is 22.7 Å². The van der Waals surface area contributed by atoms with E-state index in [9.17, 15) is 17.9 Å². The van der Waals surface area contributed by atoms with Crippen LogP contribution in [0.1, 0.15) is 6.92 Å². The van der Waals surface area contributed by atoms with Crippen molar-refractivity contribution in [2.24, 2.45) is 0 Å². The summed E-state index contributed by atoms with van der Waals surface area (Å²) in [5, 5.41) is 12.6. The van der Waals surface area contributed by atoms with Gasteiger partial charge in [-0.1, -0.05) is 18.2 Å². The number of hydrogen-bond donors (Lipinski definition) is 3. The average Bonchev–Trinajstić information content (AvgIpc) is 2.51. The van der Waals surface area contributed by atoms with Gasteiger partial charge >= 0.3 is 0 Å². The maximum Gasteiger partial charge on any atom is 0.263 e. The average molecular weight is 385 g/mol. The lowest BCUT2D eigenvalue weighted by Gasteiger charge is -2.27. The molecule has 9 heteroatoms. The number of hydrogen-bond acceptors (Lipinski definition) is 5. The zero-order valence-corrected chi connectivity index (χ0v) is 14.6. The van der Waals surface area contributed by atoms with E-state index in [0.29, 0.717) is 17.1 Å². The number of aromatic hydroxyl groups is 1. The highest BCUT2D eigenvalue weighted by Gasteiger charge is 2.26. The molecule has 132 valence electrons. The van der Waals surface area contributed by atoms with Gasteiger partial charge in [0.15, 0.2) is 0 Å². The fourth-order valence-corrected chi connectivity index (χ4v) is 3.88.